The van der Waals surface area contributed by atoms with Gasteiger partial charge in [0.1, 0.15) is 18.3 Å². The average Bonchev–Trinajstić information content (AvgIpc) is 3.25. The van der Waals surface area contributed by atoms with E-state index in [4.69, 9.17) is 14.2 Å². The van der Waals surface area contributed by atoms with Gasteiger partial charge in [0.2, 0.25) is 0 Å². The molecule has 136 valence electrons. The van der Waals surface area contributed by atoms with Crippen LogP contribution in [0.5, 0.6) is 0 Å². The molecule has 2 amide bonds. The van der Waals surface area contributed by atoms with Gasteiger partial charge in [0.25, 0.3) is 0 Å². The largest absolute Gasteiger partial charge is 0.370 e. The van der Waals surface area contributed by atoms with Crippen LogP contribution in [0.15, 0.2) is 60.7 Å². The molecule has 2 aliphatic rings. The first-order valence-electron chi connectivity index (χ1n) is 8.81. The highest BCUT2D eigenvalue weighted by atomic mass is 16.6. The molecule has 2 aromatic carbocycles. The molecule has 4 atom stereocenters. The lowest BCUT2D eigenvalue weighted by Gasteiger charge is -2.18. The second-order valence-corrected chi connectivity index (χ2v) is 6.50. The summed E-state index contributed by atoms with van der Waals surface area (Å²) in [6.07, 6.45) is -0.456. The lowest BCUT2D eigenvalue weighted by Crippen LogP contribution is -2.46. The van der Waals surface area contributed by atoms with Crippen molar-refractivity contribution in [3.8, 4) is 0 Å². The highest BCUT2D eigenvalue weighted by molar-refractivity contribution is 5.89. The minimum Gasteiger partial charge on any atom is -0.370 e. The molecule has 0 saturated carbocycles. The van der Waals surface area contributed by atoms with Crippen LogP contribution in [0.1, 0.15) is 5.56 Å². The maximum absolute atomic E-state index is 12.2. The molecule has 0 aliphatic carbocycles. The first-order valence-corrected chi connectivity index (χ1v) is 8.81. The lowest BCUT2D eigenvalue weighted by atomic mass is 10.1. The van der Waals surface area contributed by atoms with Gasteiger partial charge in [0.05, 0.1) is 25.9 Å². The molecule has 6 heteroatoms. The third kappa shape index (κ3) is 3.88. The molecule has 6 nitrogen and oxygen atoms in total. The summed E-state index contributed by atoms with van der Waals surface area (Å²) in [6.45, 7) is 1.41. The fraction of sp³-hybridized carbons (Fsp3) is 0.350. The highest BCUT2D eigenvalue weighted by Gasteiger charge is 2.48. The van der Waals surface area contributed by atoms with Gasteiger partial charge in [0.15, 0.2) is 0 Å². The minimum atomic E-state index is -0.261. The molecule has 0 radical (unpaired) electrons. The van der Waals surface area contributed by atoms with Crippen molar-refractivity contribution in [2.75, 3.05) is 18.5 Å². The molecular weight excluding hydrogens is 332 g/mol. The number of carbonyl (C=O) groups is 1. The maximum atomic E-state index is 12.2. The van der Waals surface area contributed by atoms with Gasteiger partial charge in [-0.1, -0.05) is 48.5 Å². The van der Waals surface area contributed by atoms with Gasteiger partial charge in [-0.3, -0.25) is 0 Å². The summed E-state index contributed by atoms with van der Waals surface area (Å²) in [7, 11) is 0. The Morgan fingerprint density at radius 3 is 2.42 bits per heavy atom. The van der Waals surface area contributed by atoms with Crippen LogP contribution in [0.2, 0.25) is 0 Å². The number of hydrogen-bond donors (Lipinski definition) is 2. The summed E-state index contributed by atoms with van der Waals surface area (Å²) in [6, 6.07) is 18.9. The summed E-state index contributed by atoms with van der Waals surface area (Å²) in [5.74, 6) is 0. The first kappa shape index (κ1) is 17.0. The van der Waals surface area contributed by atoms with Crippen molar-refractivity contribution in [2.24, 2.45) is 0 Å². The topological polar surface area (TPSA) is 68.8 Å². The predicted octanol–water partition coefficient (Wildman–Crippen LogP) is 2.56. The third-order valence-corrected chi connectivity index (χ3v) is 4.66. The van der Waals surface area contributed by atoms with E-state index in [1.54, 1.807) is 0 Å². The lowest BCUT2D eigenvalue weighted by molar-refractivity contribution is -0.0392. The molecule has 4 rings (SSSR count). The standard InChI is InChI=1S/C20H22N2O4/c23-20(21-15-9-5-2-6-10-15)22-16-12-25-19-17(13-26-18(16)19)24-11-14-7-3-1-4-8-14/h1-10,16-19H,11-13H2,(H2,21,22,23)/t16-,17-,18-,19+/m0/s1. The number of rotatable bonds is 5. The summed E-state index contributed by atoms with van der Waals surface area (Å²) in [5.41, 5.74) is 1.86. The van der Waals surface area contributed by atoms with E-state index >= 15 is 0 Å². The van der Waals surface area contributed by atoms with Gasteiger partial charge in [-0.05, 0) is 17.7 Å². The smallest absolute Gasteiger partial charge is 0.319 e. The number of carbonyl (C=O) groups excluding carboxylic acids is 1. The molecule has 2 heterocycles. The molecule has 0 bridgehead atoms. The van der Waals surface area contributed by atoms with Gasteiger partial charge in [-0.25, -0.2) is 4.79 Å². The number of para-hydroxylation sites is 1. The Morgan fingerprint density at radius 1 is 0.962 bits per heavy atom. The maximum Gasteiger partial charge on any atom is 0.319 e. The van der Waals surface area contributed by atoms with Crippen molar-refractivity contribution < 1.29 is 19.0 Å². The quantitative estimate of drug-likeness (QED) is 0.866. The van der Waals surface area contributed by atoms with Gasteiger partial charge >= 0.3 is 6.03 Å². The number of hydrogen-bond acceptors (Lipinski definition) is 4. The third-order valence-electron chi connectivity index (χ3n) is 4.66. The SMILES string of the molecule is O=C(Nc1ccccc1)N[C@H]1CO[C@H]2[C@H]1OC[C@@H]2OCc1ccccc1. The molecule has 2 aromatic rings. The van der Waals surface area contributed by atoms with Crippen molar-refractivity contribution in [3.05, 3.63) is 66.2 Å². The van der Waals surface area contributed by atoms with Crippen molar-refractivity contribution in [1.29, 1.82) is 0 Å². The molecule has 2 aliphatic heterocycles. The molecule has 2 saturated heterocycles. The Hall–Kier alpha value is -2.41. The van der Waals surface area contributed by atoms with E-state index in [1.807, 2.05) is 60.7 Å². The number of urea groups is 1. The second kappa shape index (κ2) is 7.86. The van der Waals surface area contributed by atoms with Gasteiger partial charge in [0, 0.05) is 5.69 Å². The fourth-order valence-corrected chi connectivity index (χ4v) is 3.37. The zero-order valence-electron chi connectivity index (χ0n) is 14.3. The summed E-state index contributed by atoms with van der Waals surface area (Å²) in [4.78, 5) is 12.2. The van der Waals surface area contributed by atoms with Crippen LogP contribution >= 0.6 is 0 Å². The van der Waals surface area contributed by atoms with Crippen LogP contribution in [0.4, 0.5) is 10.5 Å². The number of nitrogens with one attached hydrogen (secondary N) is 2. The Kier molecular flexibility index (Phi) is 5.15. The van der Waals surface area contributed by atoms with Crippen molar-refractivity contribution in [3.63, 3.8) is 0 Å². The second-order valence-electron chi connectivity index (χ2n) is 6.50. The zero-order chi connectivity index (χ0) is 17.8. The molecular formula is C20H22N2O4. The van der Waals surface area contributed by atoms with E-state index in [2.05, 4.69) is 10.6 Å². The Balaban J connectivity index is 1.28. The van der Waals surface area contributed by atoms with Crippen LogP contribution in [0, 0.1) is 0 Å². The fourth-order valence-electron chi connectivity index (χ4n) is 3.37. The van der Waals surface area contributed by atoms with Gasteiger partial charge in [-0.2, -0.15) is 0 Å². The number of amides is 2. The van der Waals surface area contributed by atoms with Gasteiger partial charge in [-0.15, -0.1) is 0 Å². The summed E-state index contributed by atoms with van der Waals surface area (Å²) in [5, 5.41) is 5.75. The van der Waals surface area contributed by atoms with Crippen LogP contribution in [-0.4, -0.2) is 43.6 Å². The van der Waals surface area contributed by atoms with Crippen LogP contribution in [-0.2, 0) is 20.8 Å². The van der Waals surface area contributed by atoms with Crippen LogP contribution in [0.3, 0.4) is 0 Å². The van der Waals surface area contributed by atoms with E-state index in [9.17, 15) is 4.79 Å². The number of fused-ring (bicyclic) bond motifs is 1. The van der Waals surface area contributed by atoms with Gasteiger partial charge < -0.3 is 24.8 Å². The van der Waals surface area contributed by atoms with E-state index in [0.29, 0.717) is 19.8 Å². The van der Waals surface area contributed by atoms with Crippen molar-refractivity contribution in [2.45, 2.75) is 31.0 Å². The Morgan fingerprint density at radius 2 is 1.65 bits per heavy atom. The Labute approximate surface area is 152 Å². The van der Waals surface area contributed by atoms with Crippen LogP contribution < -0.4 is 10.6 Å². The van der Waals surface area contributed by atoms with E-state index in [0.717, 1.165) is 11.3 Å². The normalized spacial score (nSPS) is 27.1. The van der Waals surface area contributed by atoms with E-state index in [-0.39, 0.29) is 30.4 Å². The molecule has 2 N–H and O–H groups in total. The highest BCUT2D eigenvalue weighted by Crippen LogP contribution is 2.29. The molecule has 2 fully saturated rings. The zero-order valence-corrected chi connectivity index (χ0v) is 14.3. The summed E-state index contributed by atoms with van der Waals surface area (Å²) >= 11 is 0. The minimum absolute atomic E-state index is 0.121. The monoisotopic (exact) mass is 354 g/mol. The van der Waals surface area contributed by atoms with Crippen LogP contribution in [0.25, 0.3) is 0 Å². The molecule has 0 aromatic heterocycles. The Bertz CT molecular complexity index is 725. The number of ether oxygens (including phenoxy) is 3. The molecule has 0 unspecified atom stereocenters. The average molecular weight is 354 g/mol. The molecule has 0 spiro atoms. The predicted molar refractivity (Wildman–Crippen MR) is 96.9 cm³/mol. The van der Waals surface area contributed by atoms with E-state index < -0.39 is 0 Å². The summed E-state index contributed by atoms with van der Waals surface area (Å²) < 4.78 is 17.7. The molecule has 26 heavy (non-hydrogen) atoms. The van der Waals surface area contributed by atoms with Crippen molar-refractivity contribution in [1.82, 2.24) is 5.32 Å². The number of anilines is 1. The number of benzene rings is 2. The van der Waals surface area contributed by atoms with Crippen molar-refractivity contribution >= 4 is 11.7 Å². The first-order chi connectivity index (χ1) is 12.8. The van der Waals surface area contributed by atoms with E-state index in [1.165, 1.54) is 0 Å².